The number of hydrogen-bond acceptors (Lipinski definition) is 1. The summed E-state index contributed by atoms with van der Waals surface area (Å²) in [5.74, 6) is -1.30. The third kappa shape index (κ3) is 3.48. The molecule has 0 spiro atoms. The molecule has 0 radical (unpaired) electrons. The fourth-order valence-corrected chi connectivity index (χ4v) is 1.94. The molecule has 0 bridgehead atoms. The van der Waals surface area contributed by atoms with Crippen molar-refractivity contribution in [1.29, 1.82) is 0 Å². The monoisotopic (exact) mass is 225 g/mol. The fourth-order valence-electron chi connectivity index (χ4n) is 1.94. The summed E-state index contributed by atoms with van der Waals surface area (Å²) in [6.45, 7) is 3.40. The van der Waals surface area contributed by atoms with Crippen molar-refractivity contribution in [2.45, 2.75) is 37.9 Å². The summed E-state index contributed by atoms with van der Waals surface area (Å²) in [5, 5.41) is 0. The van der Waals surface area contributed by atoms with E-state index in [9.17, 15) is 17.6 Å². The first-order chi connectivity index (χ1) is 6.93. The van der Waals surface area contributed by atoms with Crippen LogP contribution in [0.3, 0.4) is 0 Å². The zero-order chi connectivity index (χ0) is 11.5. The molecule has 0 aromatic heterocycles. The summed E-state index contributed by atoms with van der Waals surface area (Å²) < 4.78 is 50.5. The lowest BCUT2D eigenvalue weighted by Gasteiger charge is -2.30. The van der Waals surface area contributed by atoms with Gasteiger partial charge in [-0.05, 0) is 25.9 Å². The van der Waals surface area contributed by atoms with Gasteiger partial charge in [0, 0.05) is 0 Å². The third-order valence-corrected chi connectivity index (χ3v) is 2.61. The van der Waals surface area contributed by atoms with Crippen molar-refractivity contribution < 1.29 is 17.6 Å². The van der Waals surface area contributed by atoms with E-state index in [2.05, 4.69) is 6.58 Å². The molecule has 0 saturated carbocycles. The van der Waals surface area contributed by atoms with Crippen LogP contribution in [0.15, 0.2) is 12.4 Å². The second-order valence-corrected chi connectivity index (χ2v) is 3.84. The Morgan fingerprint density at radius 1 is 1.07 bits per heavy atom. The molecule has 0 aromatic carbocycles. The van der Waals surface area contributed by atoms with Gasteiger partial charge in [0.15, 0.2) is 6.04 Å². The summed E-state index contributed by atoms with van der Waals surface area (Å²) in [4.78, 5) is 1.15. The summed E-state index contributed by atoms with van der Waals surface area (Å²) in [7, 11) is 0. The van der Waals surface area contributed by atoms with Gasteiger partial charge in [-0.1, -0.05) is 19.4 Å². The summed E-state index contributed by atoms with van der Waals surface area (Å²) >= 11 is 0. The minimum absolute atomic E-state index is 0.299. The highest BCUT2D eigenvalue weighted by atomic mass is 19.4. The van der Waals surface area contributed by atoms with E-state index in [1.165, 1.54) is 0 Å². The van der Waals surface area contributed by atoms with Crippen LogP contribution in [0.5, 0.6) is 0 Å². The molecule has 0 aliphatic carbocycles. The topological polar surface area (TPSA) is 3.24 Å². The van der Waals surface area contributed by atoms with E-state index in [0.717, 1.165) is 17.7 Å². The van der Waals surface area contributed by atoms with Crippen LogP contribution in [0.25, 0.3) is 0 Å². The van der Waals surface area contributed by atoms with Gasteiger partial charge in [-0.3, -0.25) is 4.90 Å². The molecular formula is C10H15F4N. The summed E-state index contributed by atoms with van der Waals surface area (Å²) in [6, 6.07) is -2.12. The number of alkyl halides is 3. The minimum Gasteiger partial charge on any atom is -0.287 e. The Kier molecular flexibility index (Phi) is 4.13. The Bertz CT molecular complexity index is 216. The van der Waals surface area contributed by atoms with Gasteiger partial charge in [0.1, 0.15) is 5.83 Å². The molecule has 5 heteroatoms. The van der Waals surface area contributed by atoms with E-state index in [1.54, 1.807) is 0 Å². The predicted molar refractivity (Wildman–Crippen MR) is 50.1 cm³/mol. The molecule has 1 rings (SSSR count). The van der Waals surface area contributed by atoms with Crippen molar-refractivity contribution in [2.24, 2.45) is 0 Å². The van der Waals surface area contributed by atoms with Crippen LogP contribution >= 0.6 is 0 Å². The number of likely N-dealkylation sites (tertiary alicyclic amines) is 1. The molecule has 1 saturated heterocycles. The Hall–Kier alpha value is -0.580. The molecule has 0 amide bonds. The Labute approximate surface area is 86.8 Å². The van der Waals surface area contributed by atoms with Crippen molar-refractivity contribution in [2.75, 3.05) is 13.1 Å². The van der Waals surface area contributed by atoms with Crippen molar-refractivity contribution in [1.82, 2.24) is 4.90 Å². The van der Waals surface area contributed by atoms with Gasteiger partial charge in [0.2, 0.25) is 0 Å². The highest BCUT2D eigenvalue weighted by Crippen LogP contribution is 2.31. The van der Waals surface area contributed by atoms with E-state index in [4.69, 9.17) is 0 Å². The van der Waals surface area contributed by atoms with Crippen molar-refractivity contribution in [3.05, 3.63) is 12.4 Å². The normalized spacial score (nSPS) is 22.1. The maximum atomic E-state index is 12.8. The molecule has 1 unspecified atom stereocenters. The highest BCUT2D eigenvalue weighted by Gasteiger charge is 2.45. The smallest absolute Gasteiger partial charge is 0.287 e. The lowest BCUT2D eigenvalue weighted by molar-refractivity contribution is -0.177. The maximum absolute atomic E-state index is 12.8. The van der Waals surface area contributed by atoms with E-state index in [0.29, 0.717) is 25.9 Å². The number of rotatable bonds is 2. The SMILES string of the molecule is C=C(F)C(N1CCCCCC1)C(F)(F)F. The highest BCUT2D eigenvalue weighted by molar-refractivity contribution is 5.01. The molecule has 1 aliphatic rings. The maximum Gasteiger partial charge on any atom is 0.410 e. The molecular weight excluding hydrogens is 210 g/mol. The Morgan fingerprint density at radius 3 is 1.87 bits per heavy atom. The molecule has 1 nitrogen and oxygen atoms in total. The van der Waals surface area contributed by atoms with Gasteiger partial charge < -0.3 is 0 Å². The van der Waals surface area contributed by atoms with Crippen LogP contribution in [0.2, 0.25) is 0 Å². The first-order valence-corrected chi connectivity index (χ1v) is 5.08. The predicted octanol–water partition coefficient (Wildman–Crippen LogP) is 3.28. The van der Waals surface area contributed by atoms with Gasteiger partial charge in [-0.2, -0.15) is 13.2 Å². The van der Waals surface area contributed by atoms with Crippen LogP contribution in [-0.4, -0.2) is 30.2 Å². The van der Waals surface area contributed by atoms with Crippen LogP contribution in [0.1, 0.15) is 25.7 Å². The average molecular weight is 225 g/mol. The Morgan fingerprint density at radius 2 is 1.53 bits per heavy atom. The third-order valence-electron chi connectivity index (χ3n) is 2.61. The zero-order valence-corrected chi connectivity index (χ0v) is 8.49. The van der Waals surface area contributed by atoms with Gasteiger partial charge in [0.05, 0.1) is 0 Å². The van der Waals surface area contributed by atoms with Crippen LogP contribution < -0.4 is 0 Å². The number of nitrogens with zero attached hydrogens (tertiary/aromatic N) is 1. The molecule has 15 heavy (non-hydrogen) atoms. The molecule has 0 aromatic rings. The summed E-state index contributed by atoms with van der Waals surface area (Å²) in [5.41, 5.74) is 0. The van der Waals surface area contributed by atoms with Crippen molar-refractivity contribution in [3.63, 3.8) is 0 Å². The lowest BCUT2D eigenvalue weighted by Crippen LogP contribution is -2.46. The summed E-state index contributed by atoms with van der Waals surface area (Å²) in [6.07, 6.45) is -1.34. The Balaban J connectivity index is 2.74. The lowest BCUT2D eigenvalue weighted by atomic mass is 10.2. The molecule has 1 aliphatic heterocycles. The quantitative estimate of drug-likeness (QED) is 0.652. The fraction of sp³-hybridized carbons (Fsp3) is 0.800. The van der Waals surface area contributed by atoms with Crippen LogP contribution in [-0.2, 0) is 0 Å². The second-order valence-electron chi connectivity index (χ2n) is 3.84. The van der Waals surface area contributed by atoms with Gasteiger partial charge in [0.25, 0.3) is 0 Å². The van der Waals surface area contributed by atoms with Crippen molar-refractivity contribution >= 4 is 0 Å². The van der Waals surface area contributed by atoms with Gasteiger partial charge in [-0.15, -0.1) is 0 Å². The number of halogens is 4. The van der Waals surface area contributed by atoms with Crippen LogP contribution in [0.4, 0.5) is 17.6 Å². The van der Waals surface area contributed by atoms with Crippen molar-refractivity contribution in [3.8, 4) is 0 Å². The number of hydrogen-bond donors (Lipinski definition) is 0. The zero-order valence-electron chi connectivity index (χ0n) is 8.49. The van der Waals surface area contributed by atoms with E-state index in [1.807, 2.05) is 0 Å². The molecule has 0 N–H and O–H groups in total. The second kappa shape index (κ2) is 4.96. The minimum atomic E-state index is -4.56. The van der Waals surface area contributed by atoms with Gasteiger partial charge >= 0.3 is 6.18 Å². The van der Waals surface area contributed by atoms with E-state index >= 15 is 0 Å². The van der Waals surface area contributed by atoms with E-state index in [-0.39, 0.29) is 0 Å². The average Bonchev–Trinajstić information content (AvgIpc) is 2.29. The standard InChI is InChI=1S/C10H15F4N/c1-8(11)9(10(12,13)14)15-6-4-2-3-5-7-15/h9H,1-7H2. The van der Waals surface area contributed by atoms with Gasteiger partial charge in [-0.25, -0.2) is 4.39 Å². The molecule has 1 fully saturated rings. The molecule has 1 atom stereocenters. The van der Waals surface area contributed by atoms with Crippen LogP contribution in [0, 0.1) is 0 Å². The molecule has 1 heterocycles. The first kappa shape index (κ1) is 12.5. The van der Waals surface area contributed by atoms with E-state index < -0.39 is 18.0 Å². The first-order valence-electron chi connectivity index (χ1n) is 5.08. The molecule has 88 valence electrons. The largest absolute Gasteiger partial charge is 0.410 e.